The molecule has 0 saturated carbocycles. The second-order valence-corrected chi connectivity index (χ2v) is 6.69. The molecular weight excluding hydrogens is 364 g/mol. The van der Waals surface area contributed by atoms with Gasteiger partial charge in [0.25, 0.3) is 5.56 Å². The zero-order valence-corrected chi connectivity index (χ0v) is 15.6. The number of rotatable bonds is 5. The summed E-state index contributed by atoms with van der Waals surface area (Å²) in [6.07, 6.45) is 1.57. The highest BCUT2D eigenvalue weighted by Gasteiger charge is 2.16. The van der Waals surface area contributed by atoms with Crippen LogP contribution in [0.2, 0.25) is 0 Å². The Morgan fingerprint density at radius 1 is 1.11 bits per heavy atom. The van der Waals surface area contributed by atoms with E-state index in [0.29, 0.717) is 23.4 Å². The zero-order valence-electron chi connectivity index (χ0n) is 14.7. The molecule has 0 fully saturated rings. The maximum absolute atomic E-state index is 13.2. The van der Waals surface area contributed by atoms with Gasteiger partial charge < -0.3 is 9.47 Å². The summed E-state index contributed by atoms with van der Waals surface area (Å²) in [5, 5.41) is 1.91. The Labute approximate surface area is 158 Å². The van der Waals surface area contributed by atoms with Gasteiger partial charge in [0.2, 0.25) is 0 Å². The Balaban J connectivity index is 1.94. The van der Waals surface area contributed by atoms with Crippen LogP contribution in [0.5, 0.6) is 11.8 Å². The van der Waals surface area contributed by atoms with Gasteiger partial charge in [0.1, 0.15) is 17.0 Å². The SMILES string of the molecule is COc1cccc(Cn2c(=O)c(-c3cccs3)nc3cnc(OC)nc32)c1. The van der Waals surface area contributed by atoms with Gasteiger partial charge in [0.15, 0.2) is 5.65 Å². The largest absolute Gasteiger partial charge is 0.497 e. The van der Waals surface area contributed by atoms with E-state index in [0.717, 1.165) is 16.2 Å². The predicted molar refractivity (Wildman–Crippen MR) is 104 cm³/mol. The van der Waals surface area contributed by atoms with Gasteiger partial charge in [-0.1, -0.05) is 18.2 Å². The molecule has 8 heteroatoms. The van der Waals surface area contributed by atoms with Crippen LogP contribution < -0.4 is 15.0 Å². The molecule has 27 heavy (non-hydrogen) atoms. The Morgan fingerprint density at radius 2 is 2.00 bits per heavy atom. The van der Waals surface area contributed by atoms with E-state index in [1.165, 1.54) is 18.4 Å². The summed E-state index contributed by atoms with van der Waals surface area (Å²) in [5.74, 6) is 0.726. The third-order valence-electron chi connectivity index (χ3n) is 4.08. The van der Waals surface area contributed by atoms with Crippen molar-refractivity contribution in [1.29, 1.82) is 0 Å². The average Bonchev–Trinajstić information content (AvgIpc) is 3.24. The fourth-order valence-electron chi connectivity index (χ4n) is 2.79. The number of nitrogens with zero attached hydrogens (tertiary/aromatic N) is 4. The van der Waals surface area contributed by atoms with Gasteiger partial charge in [-0.2, -0.15) is 4.98 Å². The molecule has 0 amide bonds. The molecule has 0 spiro atoms. The van der Waals surface area contributed by atoms with E-state index in [9.17, 15) is 4.79 Å². The van der Waals surface area contributed by atoms with Crippen molar-refractivity contribution in [3.05, 3.63) is 63.9 Å². The van der Waals surface area contributed by atoms with Crippen molar-refractivity contribution in [2.24, 2.45) is 0 Å². The molecule has 0 atom stereocenters. The van der Waals surface area contributed by atoms with E-state index in [1.807, 2.05) is 41.8 Å². The quantitative estimate of drug-likeness (QED) is 0.530. The van der Waals surface area contributed by atoms with E-state index in [-0.39, 0.29) is 11.6 Å². The molecule has 0 N–H and O–H groups in total. The molecule has 0 unspecified atom stereocenters. The highest BCUT2D eigenvalue weighted by Crippen LogP contribution is 2.23. The summed E-state index contributed by atoms with van der Waals surface area (Å²) < 4.78 is 12.0. The number of methoxy groups -OCH3 is 2. The smallest absolute Gasteiger partial charge is 0.318 e. The van der Waals surface area contributed by atoms with E-state index in [1.54, 1.807) is 17.9 Å². The van der Waals surface area contributed by atoms with E-state index >= 15 is 0 Å². The number of fused-ring (bicyclic) bond motifs is 1. The van der Waals surface area contributed by atoms with Gasteiger partial charge in [0, 0.05) is 0 Å². The third-order valence-corrected chi connectivity index (χ3v) is 4.95. The van der Waals surface area contributed by atoms with Gasteiger partial charge in [-0.25, -0.2) is 9.97 Å². The molecular formula is C19H16N4O3S. The lowest BCUT2D eigenvalue weighted by Gasteiger charge is -2.12. The zero-order chi connectivity index (χ0) is 18.8. The second kappa shape index (κ2) is 7.16. The van der Waals surface area contributed by atoms with Gasteiger partial charge in [0.05, 0.1) is 31.8 Å². The van der Waals surface area contributed by atoms with Crippen LogP contribution in [0.4, 0.5) is 0 Å². The number of hydrogen-bond donors (Lipinski definition) is 0. The van der Waals surface area contributed by atoms with Crippen molar-refractivity contribution >= 4 is 22.5 Å². The van der Waals surface area contributed by atoms with Crippen LogP contribution in [0.3, 0.4) is 0 Å². The third kappa shape index (κ3) is 3.26. The second-order valence-electron chi connectivity index (χ2n) is 5.75. The highest BCUT2D eigenvalue weighted by molar-refractivity contribution is 7.13. The van der Waals surface area contributed by atoms with Crippen LogP contribution in [0.1, 0.15) is 5.56 Å². The minimum Gasteiger partial charge on any atom is -0.497 e. The maximum Gasteiger partial charge on any atom is 0.318 e. The number of benzene rings is 1. The van der Waals surface area contributed by atoms with Crippen LogP contribution in [-0.2, 0) is 6.54 Å². The Morgan fingerprint density at radius 3 is 2.74 bits per heavy atom. The average molecular weight is 380 g/mol. The van der Waals surface area contributed by atoms with E-state index < -0.39 is 0 Å². The first-order valence-corrected chi connectivity index (χ1v) is 9.06. The van der Waals surface area contributed by atoms with Crippen molar-refractivity contribution < 1.29 is 9.47 Å². The number of ether oxygens (including phenoxy) is 2. The fourth-order valence-corrected chi connectivity index (χ4v) is 3.50. The first-order chi connectivity index (χ1) is 13.2. The first kappa shape index (κ1) is 17.2. The molecule has 0 aliphatic carbocycles. The molecule has 3 aromatic heterocycles. The standard InChI is InChI=1S/C19H16N4O3S/c1-25-13-6-3-5-12(9-13)11-23-17-14(10-20-19(22-17)26-2)21-16(18(23)24)15-7-4-8-27-15/h3-10H,11H2,1-2H3. The van der Waals surface area contributed by atoms with Gasteiger partial charge >= 0.3 is 6.01 Å². The topological polar surface area (TPSA) is 79.1 Å². The lowest BCUT2D eigenvalue weighted by Crippen LogP contribution is -2.25. The summed E-state index contributed by atoms with van der Waals surface area (Å²) in [5.41, 5.74) is 2.04. The molecule has 7 nitrogen and oxygen atoms in total. The van der Waals surface area contributed by atoms with Gasteiger partial charge in [-0.15, -0.1) is 11.3 Å². The lowest BCUT2D eigenvalue weighted by atomic mass is 10.2. The molecule has 4 rings (SSSR count). The molecule has 4 aromatic rings. The molecule has 3 heterocycles. The van der Waals surface area contributed by atoms with Crippen molar-refractivity contribution in [3.8, 4) is 22.3 Å². The minimum absolute atomic E-state index is 0.187. The summed E-state index contributed by atoms with van der Waals surface area (Å²) in [4.78, 5) is 27.0. The van der Waals surface area contributed by atoms with Crippen molar-refractivity contribution in [3.63, 3.8) is 0 Å². The molecule has 136 valence electrons. The highest BCUT2D eigenvalue weighted by atomic mass is 32.1. The molecule has 0 bridgehead atoms. The van der Waals surface area contributed by atoms with Crippen LogP contribution >= 0.6 is 11.3 Å². The summed E-state index contributed by atoms with van der Waals surface area (Å²) in [7, 11) is 3.10. The Kier molecular flexibility index (Phi) is 4.55. The molecule has 0 aliphatic heterocycles. The number of aromatic nitrogens is 4. The fraction of sp³-hybridized carbons (Fsp3) is 0.158. The molecule has 0 radical (unpaired) electrons. The minimum atomic E-state index is -0.214. The Hall–Kier alpha value is -3.26. The Bertz CT molecular complexity index is 1160. The summed E-state index contributed by atoms with van der Waals surface area (Å²) in [6.45, 7) is 0.327. The summed E-state index contributed by atoms with van der Waals surface area (Å²) in [6, 6.07) is 11.5. The molecule has 0 aliphatic rings. The van der Waals surface area contributed by atoms with E-state index in [2.05, 4.69) is 15.0 Å². The normalized spacial score (nSPS) is 10.9. The monoisotopic (exact) mass is 380 g/mol. The van der Waals surface area contributed by atoms with Crippen LogP contribution in [0.15, 0.2) is 52.8 Å². The predicted octanol–water partition coefficient (Wildman–Crippen LogP) is 2.98. The number of hydrogen-bond acceptors (Lipinski definition) is 7. The van der Waals surface area contributed by atoms with Crippen molar-refractivity contribution in [2.45, 2.75) is 6.54 Å². The molecule has 0 saturated heterocycles. The van der Waals surface area contributed by atoms with Gasteiger partial charge in [-0.05, 0) is 29.1 Å². The van der Waals surface area contributed by atoms with Crippen LogP contribution in [0, 0.1) is 0 Å². The van der Waals surface area contributed by atoms with Gasteiger partial charge in [-0.3, -0.25) is 9.36 Å². The summed E-state index contributed by atoms with van der Waals surface area (Å²) >= 11 is 1.47. The number of thiophene rings is 1. The lowest BCUT2D eigenvalue weighted by molar-refractivity contribution is 0.381. The van der Waals surface area contributed by atoms with Crippen molar-refractivity contribution in [1.82, 2.24) is 19.5 Å². The maximum atomic E-state index is 13.2. The van der Waals surface area contributed by atoms with E-state index in [4.69, 9.17) is 9.47 Å². The van der Waals surface area contributed by atoms with Crippen LogP contribution in [0.25, 0.3) is 21.7 Å². The van der Waals surface area contributed by atoms with Crippen LogP contribution in [-0.4, -0.2) is 33.7 Å². The van der Waals surface area contributed by atoms with Crippen molar-refractivity contribution in [2.75, 3.05) is 14.2 Å². The molecule has 1 aromatic carbocycles. The first-order valence-electron chi connectivity index (χ1n) is 8.18.